The van der Waals surface area contributed by atoms with Crippen molar-refractivity contribution in [2.45, 2.75) is 19.0 Å². The van der Waals surface area contributed by atoms with Crippen molar-refractivity contribution in [1.29, 1.82) is 0 Å². The van der Waals surface area contributed by atoms with E-state index in [1.165, 1.54) is 17.3 Å². The molecule has 0 aliphatic heterocycles. The minimum atomic E-state index is -0.0528. The molecule has 4 nitrogen and oxygen atoms in total. The Labute approximate surface area is 181 Å². The minimum Gasteiger partial charge on any atom is -0.325 e. The SMILES string of the molecule is Cc1ccc(C)c(-n2cc(-c3ccccc3)nc2SCC(=O)Nc2ccccc2)c1. The summed E-state index contributed by atoms with van der Waals surface area (Å²) in [6.07, 6.45) is 2.05. The number of hydrogen-bond acceptors (Lipinski definition) is 3. The predicted octanol–water partition coefficient (Wildman–Crippen LogP) is 5.89. The zero-order valence-electron chi connectivity index (χ0n) is 17.0. The summed E-state index contributed by atoms with van der Waals surface area (Å²) in [5.74, 6) is 0.230. The van der Waals surface area contributed by atoms with Crippen LogP contribution in [0.25, 0.3) is 16.9 Å². The third-order valence-electron chi connectivity index (χ3n) is 4.76. The zero-order chi connectivity index (χ0) is 20.9. The van der Waals surface area contributed by atoms with Crippen LogP contribution in [0.2, 0.25) is 0 Å². The number of imidazole rings is 1. The number of nitrogens with one attached hydrogen (secondary N) is 1. The standard InChI is InChI=1S/C25H23N3OS/c1-18-13-14-19(2)23(15-18)28-16-22(20-9-5-3-6-10-20)27-25(28)30-17-24(29)26-21-11-7-4-8-12-21/h3-16H,17H2,1-2H3,(H,26,29). The van der Waals surface area contributed by atoms with Crippen LogP contribution in [-0.2, 0) is 4.79 Å². The molecule has 0 fully saturated rings. The highest BCUT2D eigenvalue weighted by Crippen LogP contribution is 2.29. The zero-order valence-corrected chi connectivity index (χ0v) is 17.8. The number of aromatic nitrogens is 2. The summed E-state index contributed by atoms with van der Waals surface area (Å²) in [4.78, 5) is 17.3. The topological polar surface area (TPSA) is 46.9 Å². The maximum atomic E-state index is 12.5. The highest BCUT2D eigenvalue weighted by Gasteiger charge is 2.15. The smallest absolute Gasteiger partial charge is 0.234 e. The Balaban J connectivity index is 1.63. The average molecular weight is 414 g/mol. The summed E-state index contributed by atoms with van der Waals surface area (Å²) in [7, 11) is 0. The molecule has 0 radical (unpaired) electrons. The molecule has 0 unspecified atom stereocenters. The van der Waals surface area contributed by atoms with E-state index in [9.17, 15) is 4.79 Å². The third kappa shape index (κ3) is 4.63. The molecule has 4 rings (SSSR count). The van der Waals surface area contributed by atoms with Gasteiger partial charge in [-0.05, 0) is 43.2 Å². The second kappa shape index (κ2) is 9.01. The van der Waals surface area contributed by atoms with Gasteiger partial charge in [0.15, 0.2) is 5.16 Å². The lowest BCUT2D eigenvalue weighted by Gasteiger charge is -2.11. The monoisotopic (exact) mass is 413 g/mol. The molecule has 3 aromatic carbocycles. The van der Waals surface area contributed by atoms with E-state index in [4.69, 9.17) is 4.98 Å². The molecule has 0 aliphatic rings. The van der Waals surface area contributed by atoms with Crippen molar-refractivity contribution in [3.63, 3.8) is 0 Å². The Kier molecular flexibility index (Phi) is 6.00. The van der Waals surface area contributed by atoms with Gasteiger partial charge >= 0.3 is 0 Å². The lowest BCUT2D eigenvalue weighted by Crippen LogP contribution is -2.14. The van der Waals surface area contributed by atoms with Gasteiger partial charge in [0.2, 0.25) is 5.91 Å². The van der Waals surface area contributed by atoms with Crippen molar-refractivity contribution >= 4 is 23.4 Å². The van der Waals surface area contributed by atoms with Crippen molar-refractivity contribution in [2.24, 2.45) is 0 Å². The largest absolute Gasteiger partial charge is 0.325 e. The van der Waals surface area contributed by atoms with E-state index < -0.39 is 0 Å². The molecule has 5 heteroatoms. The maximum absolute atomic E-state index is 12.5. The van der Waals surface area contributed by atoms with E-state index in [1.54, 1.807) is 0 Å². The first kappa shape index (κ1) is 20.0. The van der Waals surface area contributed by atoms with E-state index in [-0.39, 0.29) is 11.7 Å². The Morgan fingerprint density at radius 2 is 1.67 bits per heavy atom. The number of benzene rings is 3. The molecule has 4 aromatic rings. The van der Waals surface area contributed by atoms with Crippen LogP contribution in [-0.4, -0.2) is 21.2 Å². The van der Waals surface area contributed by atoms with Crippen molar-refractivity contribution in [2.75, 3.05) is 11.1 Å². The van der Waals surface area contributed by atoms with Gasteiger partial charge in [-0.2, -0.15) is 0 Å². The first-order valence-electron chi connectivity index (χ1n) is 9.80. The highest BCUT2D eigenvalue weighted by molar-refractivity contribution is 7.99. The fourth-order valence-electron chi connectivity index (χ4n) is 3.21. The molecular formula is C25H23N3OS. The van der Waals surface area contributed by atoms with Gasteiger partial charge in [-0.15, -0.1) is 0 Å². The lowest BCUT2D eigenvalue weighted by atomic mass is 10.1. The Morgan fingerprint density at radius 3 is 2.40 bits per heavy atom. The summed E-state index contributed by atoms with van der Waals surface area (Å²) in [6, 6.07) is 26.0. The highest BCUT2D eigenvalue weighted by atomic mass is 32.2. The van der Waals surface area contributed by atoms with Crippen molar-refractivity contribution in [1.82, 2.24) is 9.55 Å². The molecule has 0 aliphatic carbocycles. The molecule has 0 saturated heterocycles. The molecule has 0 atom stereocenters. The molecule has 1 N–H and O–H groups in total. The van der Waals surface area contributed by atoms with E-state index in [0.29, 0.717) is 0 Å². The predicted molar refractivity (Wildman–Crippen MR) is 124 cm³/mol. The molecule has 0 bridgehead atoms. The normalized spacial score (nSPS) is 10.7. The Morgan fingerprint density at radius 1 is 0.967 bits per heavy atom. The molecule has 0 spiro atoms. The molecule has 1 aromatic heterocycles. The fraction of sp³-hybridized carbons (Fsp3) is 0.120. The second-order valence-corrected chi connectivity index (χ2v) is 8.08. The molecule has 30 heavy (non-hydrogen) atoms. The summed E-state index contributed by atoms with van der Waals surface area (Å²) in [6.45, 7) is 4.17. The third-order valence-corrected chi connectivity index (χ3v) is 5.71. The van der Waals surface area contributed by atoms with Crippen molar-refractivity contribution < 1.29 is 4.79 Å². The van der Waals surface area contributed by atoms with Gasteiger partial charge in [0.05, 0.1) is 17.1 Å². The number of rotatable bonds is 6. The lowest BCUT2D eigenvalue weighted by molar-refractivity contribution is -0.113. The van der Waals surface area contributed by atoms with Gasteiger partial charge in [0, 0.05) is 17.4 Å². The van der Waals surface area contributed by atoms with Crippen molar-refractivity contribution in [3.8, 4) is 16.9 Å². The van der Waals surface area contributed by atoms with Crippen LogP contribution < -0.4 is 5.32 Å². The number of carbonyl (C=O) groups is 1. The van der Waals surface area contributed by atoms with Gasteiger partial charge in [-0.1, -0.05) is 72.4 Å². The number of nitrogens with zero attached hydrogens (tertiary/aromatic N) is 2. The number of hydrogen-bond donors (Lipinski definition) is 1. The van der Waals surface area contributed by atoms with Crippen LogP contribution in [0.1, 0.15) is 11.1 Å². The summed E-state index contributed by atoms with van der Waals surface area (Å²) < 4.78 is 2.09. The number of carbonyl (C=O) groups excluding carboxylic acids is 1. The summed E-state index contributed by atoms with van der Waals surface area (Å²) in [5.41, 5.74) is 6.16. The molecular weight excluding hydrogens is 390 g/mol. The number of para-hydroxylation sites is 1. The first-order valence-corrected chi connectivity index (χ1v) is 10.8. The Hall–Kier alpha value is -3.31. The van der Waals surface area contributed by atoms with Crippen LogP contribution in [0, 0.1) is 13.8 Å². The quantitative estimate of drug-likeness (QED) is 0.401. The number of thioether (sulfide) groups is 1. The van der Waals surface area contributed by atoms with Gasteiger partial charge in [-0.25, -0.2) is 4.98 Å². The maximum Gasteiger partial charge on any atom is 0.234 e. The van der Waals surface area contributed by atoms with Crippen molar-refractivity contribution in [3.05, 3.63) is 96.2 Å². The second-order valence-electron chi connectivity index (χ2n) is 7.14. The number of amides is 1. The number of anilines is 1. The van der Waals surface area contributed by atoms with E-state index in [2.05, 4.69) is 48.1 Å². The summed E-state index contributed by atoms with van der Waals surface area (Å²) in [5, 5.41) is 3.73. The molecule has 150 valence electrons. The van der Waals surface area contributed by atoms with E-state index in [1.807, 2.05) is 60.7 Å². The van der Waals surface area contributed by atoms with Crippen LogP contribution in [0.5, 0.6) is 0 Å². The fourth-order valence-corrected chi connectivity index (χ4v) is 4.00. The molecule has 0 saturated carbocycles. The van der Waals surface area contributed by atoms with Crippen LogP contribution in [0.4, 0.5) is 5.69 Å². The van der Waals surface area contributed by atoms with Gasteiger partial charge in [0.25, 0.3) is 0 Å². The van der Waals surface area contributed by atoms with E-state index in [0.717, 1.165) is 33.4 Å². The average Bonchev–Trinajstić information content (AvgIpc) is 3.19. The summed E-state index contributed by atoms with van der Waals surface area (Å²) >= 11 is 1.44. The minimum absolute atomic E-state index is 0.0528. The van der Waals surface area contributed by atoms with E-state index >= 15 is 0 Å². The van der Waals surface area contributed by atoms with Gasteiger partial charge in [0.1, 0.15) is 0 Å². The van der Waals surface area contributed by atoms with Crippen LogP contribution >= 0.6 is 11.8 Å². The molecule has 1 amide bonds. The first-order chi connectivity index (χ1) is 14.6. The van der Waals surface area contributed by atoms with Crippen LogP contribution in [0.3, 0.4) is 0 Å². The van der Waals surface area contributed by atoms with Gasteiger partial charge in [-0.3, -0.25) is 9.36 Å². The number of aryl methyl sites for hydroxylation is 2. The Bertz CT molecular complexity index is 1150. The van der Waals surface area contributed by atoms with Gasteiger partial charge < -0.3 is 5.32 Å². The molecule has 1 heterocycles. The van der Waals surface area contributed by atoms with Crippen LogP contribution in [0.15, 0.2) is 90.2 Å².